The van der Waals surface area contributed by atoms with Crippen LogP contribution >= 0.6 is 11.6 Å². The molecule has 0 unspecified atom stereocenters. The summed E-state index contributed by atoms with van der Waals surface area (Å²) in [5.41, 5.74) is 0.168. The van der Waals surface area contributed by atoms with E-state index < -0.39 is 21.0 Å². The van der Waals surface area contributed by atoms with Crippen LogP contribution in [-0.4, -0.2) is 25.5 Å². The van der Waals surface area contributed by atoms with Gasteiger partial charge in [-0.2, -0.15) is 8.42 Å². The van der Waals surface area contributed by atoms with Gasteiger partial charge in [-0.15, -0.1) is 0 Å². The van der Waals surface area contributed by atoms with E-state index in [1.54, 1.807) is 0 Å². The van der Waals surface area contributed by atoms with Gasteiger partial charge in [-0.05, 0) is 30.5 Å². The molecule has 7 heteroatoms. The second-order valence-corrected chi connectivity index (χ2v) is 7.35. The number of rotatable bonds is 5. The molecule has 1 fully saturated rings. The average Bonchev–Trinajstić information content (AvgIpc) is 2.46. The largest absolute Gasteiger partial charge is 0.462 e. The molecule has 0 atom stereocenters. The van der Waals surface area contributed by atoms with E-state index in [9.17, 15) is 13.2 Å². The second-order valence-electron chi connectivity index (χ2n) is 5.55. The third-order valence-electron chi connectivity index (χ3n) is 3.93. The molecule has 1 aliphatic carbocycles. The SMILES string of the molecule is O=C(OCCC1CCCCC1)c1ccc(S(=O)(=O)O)c(Cl)c1. The van der Waals surface area contributed by atoms with Gasteiger partial charge in [0.05, 0.1) is 17.2 Å². The Morgan fingerprint density at radius 3 is 2.55 bits per heavy atom. The molecule has 2 rings (SSSR count). The molecule has 1 aromatic rings. The fraction of sp³-hybridized carbons (Fsp3) is 0.533. The maximum absolute atomic E-state index is 11.9. The molecule has 0 bridgehead atoms. The normalized spacial score (nSPS) is 16.5. The third-order valence-corrected chi connectivity index (χ3v) is 5.27. The lowest BCUT2D eigenvalue weighted by Crippen LogP contribution is -2.13. The van der Waals surface area contributed by atoms with Crippen molar-refractivity contribution in [3.8, 4) is 0 Å². The summed E-state index contributed by atoms with van der Waals surface area (Å²) in [7, 11) is -4.39. The molecule has 22 heavy (non-hydrogen) atoms. The molecule has 0 saturated heterocycles. The summed E-state index contributed by atoms with van der Waals surface area (Å²) in [4.78, 5) is 11.5. The van der Waals surface area contributed by atoms with Crippen LogP contribution in [0.4, 0.5) is 0 Å². The van der Waals surface area contributed by atoms with Gasteiger partial charge in [0.25, 0.3) is 10.1 Å². The Morgan fingerprint density at radius 2 is 1.95 bits per heavy atom. The first-order valence-corrected chi connectivity index (χ1v) is 9.14. The van der Waals surface area contributed by atoms with E-state index in [0.717, 1.165) is 12.5 Å². The van der Waals surface area contributed by atoms with Crippen LogP contribution in [0.15, 0.2) is 23.1 Å². The van der Waals surface area contributed by atoms with E-state index in [0.29, 0.717) is 12.5 Å². The van der Waals surface area contributed by atoms with Gasteiger partial charge in [0.15, 0.2) is 0 Å². The van der Waals surface area contributed by atoms with Gasteiger partial charge in [0.1, 0.15) is 4.90 Å². The average molecular weight is 347 g/mol. The Balaban J connectivity index is 1.91. The number of hydrogen-bond acceptors (Lipinski definition) is 4. The van der Waals surface area contributed by atoms with E-state index in [-0.39, 0.29) is 10.6 Å². The summed E-state index contributed by atoms with van der Waals surface area (Å²) in [6, 6.07) is 3.56. The molecule has 0 heterocycles. The highest BCUT2D eigenvalue weighted by molar-refractivity contribution is 7.86. The van der Waals surface area contributed by atoms with Crippen molar-refractivity contribution in [3.63, 3.8) is 0 Å². The van der Waals surface area contributed by atoms with Crippen molar-refractivity contribution in [3.05, 3.63) is 28.8 Å². The van der Waals surface area contributed by atoms with Gasteiger partial charge in [-0.1, -0.05) is 43.7 Å². The van der Waals surface area contributed by atoms with E-state index in [1.807, 2.05) is 0 Å². The van der Waals surface area contributed by atoms with Crippen molar-refractivity contribution in [2.24, 2.45) is 5.92 Å². The van der Waals surface area contributed by atoms with E-state index >= 15 is 0 Å². The molecule has 0 amide bonds. The predicted octanol–water partition coefficient (Wildman–Crippen LogP) is 3.71. The van der Waals surface area contributed by atoms with Crippen LogP contribution in [0.3, 0.4) is 0 Å². The summed E-state index contributed by atoms with van der Waals surface area (Å²) < 4.78 is 36.2. The number of hydrogen-bond donors (Lipinski definition) is 1. The smallest absolute Gasteiger partial charge is 0.338 e. The highest BCUT2D eigenvalue weighted by Crippen LogP contribution is 2.26. The Labute approximate surface area is 135 Å². The molecule has 1 aliphatic rings. The van der Waals surface area contributed by atoms with Crippen molar-refractivity contribution in [1.82, 2.24) is 0 Å². The molecule has 0 aliphatic heterocycles. The maximum Gasteiger partial charge on any atom is 0.338 e. The Bertz CT molecular complexity index is 635. The van der Waals surface area contributed by atoms with Crippen molar-refractivity contribution >= 4 is 27.7 Å². The number of esters is 1. The first-order chi connectivity index (χ1) is 10.4. The molecule has 1 aromatic carbocycles. The Hall–Kier alpha value is -1.11. The van der Waals surface area contributed by atoms with Crippen LogP contribution in [0.1, 0.15) is 48.9 Å². The molecular weight excluding hydrogens is 328 g/mol. The lowest BCUT2D eigenvalue weighted by atomic mass is 9.87. The monoisotopic (exact) mass is 346 g/mol. The predicted molar refractivity (Wildman–Crippen MR) is 82.7 cm³/mol. The van der Waals surface area contributed by atoms with E-state index in [2.05, 4.69) is 0 Å². The van der Waals surface area contributed by atoms with Crippen LogP contribution in [0.2, 0.25) is 5.02 Å². The van der Waals surface area contributed by atoms with Gasteiger partial charge < -0.3 is 4.74 Å². The van der Waals surface area contributed by atoms with Crippen molar-refractivity contribution in [1.29, 1.82) is 0 Å². The zero-order chi connectivity index (χ0) is 16.2. The summed E-state index contributed by atoms with van der Waals surface area (Å²) in [5.74, 6) is 0.0756. The van der Waals surface area contributed by atoms with Gasteiger partial charge in [0.2, 0.25) is 0 Å². The molecule has 0 aromatic heterocycles. The summed E-state index contributed by atoms with van der Waals surface area (Å²) in [5, 5.41) is -0.204. The Kier molecular flexibility index (Phi) is 5.83. The van der Waals surface area contributed by atoms with Gasteiger partial charge in [0, 0.05) is 0 Å². The standard InChI is InChI=1S/C15H19ClO5S/c16-13-10-12(6-7-14(13)22(18,19)20)15(17)21-9-8-11-4-2-1-3-5-11/h6-7,10-11H,1-5,8-9H2,(H,18,19,20). The minimum Gasteiger partial charge on any atom is -0.462 e. The molecule has 0 spiro atoms. The van der Waals surface area contributed by atoms with E-state index in [4.69, 9.17) is 20.9 Å². The first-order valence-electron chi connectivity index (χ1n) is 7.32. The van der Waals surface area contributed by atoms with Gasteiger partial charge in [-0.3, -0.25) is 4.55 Å². The number of halogens is 1. The number of benzene rings is 1. The Morgan fingerprint density at radius 1 is 1.27 bits per heavy atom. The summed E-state index contributed by atoms with van der Waals surface area (Å²) in [6.07, 6.45) is 6.99. The van der Waals surface area contributed by atoms with Crippen LogP contribution in [0, 0.1) is 5.92 Å². The zero-order valence-electron chi connectivity index (χ0n) is 12.1. The van der Waals surface area contributed by atoms with Gasteiger partial charge >= 0.3 is 5.97 Å². The maximum atomic E-state index is 11.9. The highest BCUT2D eigenvalue weighted by atomic mass is 35.5. The highest BCUT2D eigenvalue weighted by Gasteiger charge is 2.18. The minimum absolute atomic E-state index is 0.168. The molecule has 1 saturated carbocycles. The minimum atomic E-state index is -4.39. The van der Waals surface area contributed by atoms with Crippen molar-refractivity contribution in [2.75, 3.05) is 6.61 Å². The number of carbonyl (C=O) groups excluding carboxylic acids is 1. The van der Waals surface area contributed by atoms with Crippen molar-refractivity contribution in [2.45, 2.75) is 43.4 Å². The lowest BCUT2D eigenvalue weighted by molar-refractivity contribution is 0.0474. The van der Waals surface area contributed by atoms with Gasteiger partial charge in [-0.25, -0.2) is 4.79 Å². The van der Waals surface area contributed by atoms with E-state index in [1.165, 1.54) is 44.2 Å². The molecule has 0 radical (unpaired) electrons. The van der Waals surface area contributed by atoms with Crippen molar-refractivity contribution < 1.29 is 22.5 Å². The topological polar surface area (TPSA) is 80.7 Å². The molecule has 5 nitrogen and oxygen atoms in total. The molecular formula is C15H19ClO5S. The summed E-state index contributed by atoms with van der Waals surface area (Å²) >= 11 is 5.77. The van der Waals surface area contributed by atoms with Crippen LogP contribution < -0.4 is 0 Å². The van der Waals surface area contributed by atoms with Crippen LogP contribution in [-0.2, 0) is 14.9 Å². The molecule has 1 N–H and O–H groups in total. The summed E-state index contributed by atoms with van der Waals surface area (Å²) in [6.45, 7) is 0.348. The second kappa shape index (κ2) is 7.44. The number of carbonyl (C=O) groups is 1. The first kappa shape index (κ1) is 17.2. The quantitative estimate of drug-likeness (QED) is 0.649. The fourth-order valence-electron chi connectivity index (χ4n) is 2.71. The molecule has 122 valence electrons. The van der Waals surface area contributed by atoms with Crippen LogP contribution in [0.5, 0.6) is 0 Å². The lowest BCUT2D eigenvalue weighted by Gasteiger charge is -2.21. The zero-order valence-corrected chi connectivity index (χ0v) is 13.7. The number of ether oxygens (including phenoxy) is 1. The fourth-order valence-corrected chi connectivity index (χ4v) is 3.73. The van der Waals surface area contributed by atoms with Crippen LogP contribution in [0.25, 0.3) is 0 Å². The third kappa shape index (κ3) is 4.69.